The predicted octanol–water partition coefficient (Wildman–Crippen LogP) is 4.79. The largest absolute Gasteiger partial charge is 0.497 e. The Hall–Kier alpha value is -3.35. The molecule has 1 heterocycles. The number of hydrogen-bond acceptors (Lipinski definition) is 7. The number of rotatable bonds is 9. The third-order valence-electron chi connectivity index (χ3n) is 4.31. The van der Waals surface area contributed by atoms with Crippen LogP contribution in [0, 0.1) is 0 Å². The average molecular weight is 400 g/mol. The van der Waals surface area contributed by atoms with E-state index < -0.39 is 0 Å². The lowest BCUT2D eigenvalue weighted by Gasteiger charge is -2.15. The monoisotopic (exact) mass is 400 g/mol. The first-order valence-electron chi connectivity index (χ1n) is 9.28. The minimum Gasteiger partial charge on any atom is -0.497 e. The highest BCUT2D eigenvalue weighted by Crippen LogP contribution is 2.43. The third kappa shape index (κ3) is 4.39. The van der Waals surface area contributed by atoms with Gasteiger partial charge in [-0.25, -0.2) is 0 Å². The molecule has 0 saturated carbocycles. The van der Waals surface area contributed by atoms with Crippen LogP contribution in [0.2, 0.25) is 0 Å². The lowest BCUT2D eigenvalue weighted by atomic mass is 10.1. The van der Waals surface area contributed by atoms with Crippen molar-refractivity contribution in [2.24, 2.45) is 0 Å². The summed E-state index contributed by atoms with van der Waals surface area (Å²) < 4.78 is 33.3. The molecule has 2 aromatic carbocycles. The van der Waals surface area contributed by atoms with Crippen LogP contribution in [0.3, 0.4) is 0 Å². The summed E-state index contributed by atoms with van der Waals surface area (Å²) in [5.74, 6) is 2.32. The Kier molecular flexibility index (Phi) is 6.49. The fraction of sp³-hybridized carbons (Fsp3) is 0.318. The summed E-state index contributed by atoms with van der Waals surface area (Å²) in [6.45, 7) is 2.58. The summed E-state index contributed by atoms with van der Waals surface area (Å²) in [5.41, 5.74) is -0.0322. The molecule has 0 amide bonds. The van der Waals surface area contributed by atoms with Crippen LogP contribution in [0.25, 0.3) is 11.0 Å². The molecule has 0 unspecified atom stereocenters. The van der Waals surface area contributed by atoms with Gasteiger partial charge in [-0.05, 0) is 30.7 Å². The lowest BCUT2D eigenvalue weighted by molar-refractivity contribution is 0.279. The summed E-state index contributed by atoms with van der Waals surface area (Å²) in [7, 11) is 4.55. The van der Waals surface area contributed by atoms with Crippen molar-refractivity contribution in [1.29, 1.82) is 0 Å². The molecule has 0 bridgehead atoms. The Balaban J connectivity index is 2.05. The molecule has 0 saturated heterocycles. The standard InChI is InChI=1S/C22H24O7/c1-5-6-11-27-18-13-17-20(22(26-4)21(18)25-3)16(23)12-19(29-17)28-15-9-7-14(24-2)8-10-15/h7-10,12-13H,5-6,11H2,1-4H3. The molecule has 0 aliphatic heterocycles. The van der Waals surface area contributed by atoms with E-state index in [0.29, 0.717) is 29.6 Å². The Bertz CT molecular complexity index is 1020. The van der Waals surface area contributed by atoms with E-state index in [1.165, 1.54) is 20.3 Å². The molecule has 7 heteroatoms. The van der Waals surface area contributed by atoms with Gasteiger partial charge in [-0.1, -0.05) is 13.3 Å². The summed E-state index contributed by atoms with van der Waals surface area (Å²) in [6.07, 6.45) is 1.87. The van der Waals surface area contributed by atoms with Gasteiger partial charge in [0.15, 0.2) is 11.5 Å². The molecule has 29 heavy (non-hydrogen) atoms. The van der Waals surface area contributed by atoms with Crippen molar-refractivity contribution in [2.45, 2.75) is 19.8 Å². The molecule has 0 spiro atoms. The zero-order valence-corrected chi connectivity index (χ0v) is 16.9. The number of benzene rings is 2. The zero-order chi connectivity index (χ0) is 20.8. The Morgan fingerprint density at radius 2 is 1.59 bits per heavy atom. The Labute approximate surface area is 168 Å². The molecule has 0 aliphatic rings. The normalized spacial score (nSPS) is 10.6. The minimum absolute atomic E-state index is 0.0550. The fourth-order valence-electron chi connectivity index (χ4n) is 2.86. The van der Waals surface area contributed by atoms with Crippen molar-refractivity contribution < 1.29 is 28.1 Å². The van der Waals surface area contributed by atoms with Crippen molar-refractivity contribution >= 4 is 11.0 Å². The maximum atomic E-state index is 12.8. The van der Waals surface area contributed by atoms with Crippen molar-refractivity contribution in [3.05, 3.63) is 46.6 Å². The highest BCUT2D eigenvalue weighted by atomic mass is 16.6. The van der Waals surface area contributed by atoms with Crippen LogP contribution < -0.4 is 29.1 Å². The molecule has 7 nitrogen and oxygen atoms in total. The van der Waals surface area contributed by atoms with Gasteiger partial charge in [-0.3, -0.25) is 4.79 Å². The van der Waals surface area contributed by atoms with Crippen LogP contribution in [0.1, 0.15) is 19.8 Å². The number of fused-ring (bicyclic) bond motifs is 1. The van der Waals surface area contributed by atoms with Crippen molar-refractivity contribution in [3.63, 3.8) is 0 Å². The highest BCUT2D eigenvalue weighted by molar-refractivity contribution is 5.89. The minimum atomic E-state index is -0.315. The van der Waals surface area contributed by atoms with E-state index in [2.05, 4.69) is 6.92 Å². The first kappa shape index (κ1) is 20.4. The van der Waals surface area contributed by atoms with Gasteiger partial charge >= 0.3 is 0 Å². The van der Waals surface area contributed by atoms with Gasteiger partial charge in [0.1, 0.15) is 22.5 Å². The van der Waals surface area contributed by atoms with Gasteiger partial charge in [-0.15, -0.1) is 0 Å². The Morgan fingerprint density at radius 1 is 0.897 bits per heavy atom. The predicted molar refractivity (Wildman–Crippen MR) is 109 cm³/mol. The fourth-order valence-corrected chi connectivity index (χ4v) is 2.86. The van der Waals surface area contributed by atoms with E-state index in [1.54, 1.807) is 37.4 Å². The second kappa shape index (κ2) is 9.23. The second-order valence-electron chi connectivity index (χ2n) is 6.22. The molecule has 0 aliphatic carbocycles. The number of ether oxygens (including phenoxy) is 5. The van der Waals surface area contributed by atoms with Gasteiger partial charge in [-0.2, -0.15) is 0 Å². The highest BCUT2D eigenvalue weighted by Gasteiger charge is 2.21. The van der Waals surface area contributed by atoms with Crippen LogP contribution in [0.15, 0.2) is 45.6 Å². The zero-order valence-electron chi connectivity index (χ0n) is 16.9. The van der Waals surface area contributed by atoms with Crippen molar-refractivity contribution in [3.8, 4) is 34.7 Å². The molecule has 3 aromatic rings. The smallest absolute Gasteiger partial charge is 0.294 e. The number of hydrogen-bond donors (Lipinski definition) is 0. The van der Waals surface area contributed by atoms with Crippen LogP contribution in [-0.2, 0) is 0 Å². The van der Waals surface area contributed by atoms with E-state index in [-0.39, 0.29) is 28.1 Å². The second-order valence-corrected chi connectivity index (χ2v) is 6.22. The molecule has 0 radical (unpaired) electrons. The van der Waals surface area contributed by atoms with E-state index in [0.717, 1.165) is 12.8 Å². The van der Waals surface area contributed by atoms with Crippen LogP contribution >= 0.6 is 0 Å². The number of methoxy groups -OCH3 is 3. The van der Waals surface area contributed by atoms with Crippen molar-refractivity contribution in [1.82, 2.24) is 0 Å². The van der Waals surface area contributed by atoms with E-state index in [9.17, 15) is 4.79 Å². The molecular weight excluding hydrogens is 376 g/mol. The summed E-state index contributed by atoms with van der Waals surface area (Å²) >= 11 is 0. The molecule has 1 aromatic heterocycles. The molecule has 0 N–H and O–H groups in total. The maximum Gasteiger partial charge on any atom is 0.294 e. The first-order valence-corrected chi connectivity index (χ1v) is 9.28. The van der Waals surface area contributed by atoms with E-state index in [1.807, 2.05) is 0 Å². The van der Waals surface area contributed by atoms with Gasteiger partial charge in [0.05, 0.1) is 34.0 Å². The van der Waals surface area contributed by atoms with Crippen LogP contribution in [0.4, 0.5) is 0 Å². The molecule has 154 valence electrons. The summed E-state index contributed by atoms with van der Waals surface area (Å²) in [4.78, 5) is 12.8. The molecule has 3 rings (SSSR count). The topological polar surface area (TPSA) is 76.4 Å². The summed E-state index contributed by atoms with van der Waals surface area (Å²) in [5, 5.41) is 0.259. The number of unbranched alkanes of at least 4 members (excludes halogenated alkanes) is 1. The average Bonchev–Trinajstić information content (AvgIpc) is 2.73. The van der Waals surface area contributed by atoms with Gasteiger partial charge < -0.3 is 28.1 Å². The van der Waals surface area contributed by atoms with Gasteiger partial charge in [0.2, 0.25) is 11.2 Å². The van der Waals surface area contributed by atoms with Gasteiger partial charge in [0.25, 0.3) is 5.95 Å². The quantitative estimate of drug-likeness (QED) is 0.478. The van der Waals surface area contributed by atoms with Crippen LogP contribution in [0.5, 0.6) is 34.7 Å². The SMILES string of the molecule is CCCCOc1cc2oc(Oc3ccc(OC)cc3)cc(=O)c2c(OC)c1OC. The first-order chi connectivity index (χ1) is 14.1. The van der Waals surface area contributed by atoms with Gasteiger partial charge in [0, 0.05) is 6.07 Å². The Morgan fingerprint density at radius 3 is 2.21 bits per heavy atom. The summed E-state index contributed by atoms with van der Waals surface area (Å²) in [6, 6.07) is 9.83. The molecule has 0 atom stereocenters. The molecular formula is C22H24O7. The van der Waals surface area contributed by atoms with Crippen molar-refractivity contribution in [2.75, 3.05) is 27.9 Å². The van der Waals surface area contributed by atoms with E-state index >= 15 is 0 Å². The van der Waals surface area contributed by atoms with E-state index in [4.69, 9.17) is 28.1 Å². The third-order valence-corrected chi connectivity index (χ3v) is 4.31. The van der Waals surface area contributed by atoms with Crippen LogP contribution in [-0.4, -0.2) is 27.9 Å². The maximum absolute atomic E-state index is 12.8. The lowest BCUT2D eigenvalue weighted by Crippen LogP contribution is -2.06. The molecule has 0 fully saturated rings.